The molecule has 1 aromatic heterocycles. The van der Waals surface area contributed by atoms with Gasteiger partial charge in [0, 0.05) is 10.9 Å². The largest absolute Gasteiger partial charge is 0.460 e. The van der Waals surface area contributed by atoms with Gasteiger partial charge in [0.2, 0.25) is 5.76 Å². The van der Waals surface area contributed by atoms with Crippen molar-refractivity contribution < 1.29 is 13.9 Å². The summed E-state index contributed by atoms with van der Waals surface area (Å²) in [5.41, 5.74) is 1.82. The third kappa shape index (κ3) is 1.71. The van der Waals surface area contributed by atoms with Gasteiger partial charge in [0.1, 0.15) is 5.58 Å². The van der Waals surface area contributed by atoms with Gasteiger partial charge in [-0.1, -0.05) is 18.2 Å². The van der Waals surface area contributed by atoms with Crippen molar-refractivity contribution in [1.82, 2.24) is 0 Å². The third-order valence-electron chi connectivity index (χ3n) is 3.08. The summed E-state index contributed by atoms with van der Waals surface area (Å²) in [4.78, 5) is 11.9. The molecule has 0 radical (unpaired) electrons. The predicted octanol–water partition coefficient (Wildman–Crippen LogP) is 3.49. The summed E-state index contributed by atoms with van der Waals surface area (Å²) >= 11 is 0. The molecule has 1 aliphatic carbocycles. The van der Waals surface area contributed by atoms with E-state index in [0.717, 1.165) is 29.4 Å². The van der Waals surface area contributed by atoms with E-state index < -0.39 is 0 Å². The normalized spacial score (nSPS) is 15.1. The van der Waals surface area contributed by atoms with Gasteiger partial charge in [-0.25, -0.2) is 4.79 Å². The van der Waals surface area contributed by atoms with E-state index in [4.69, 9.17) is 9.15 Å². The van der Waals surface area contributed by atoms with E-state index in [2.05, 4.69) is 0 Å². The standard InChI is InChI=1S/C14H14O3/c1-2-16-14(15)13-12(9-7-8-9)10-5-3-4-6-11(10)17-13/h3-6,9H,2,7-8H2,1H3. The minimum Gasteiger partial charge on any atom is -0.460 e. The Labute approximate surface area is 99.4 Å². The Balaban J connectivity index is 2.15. The molecule has 0 unspecified atom stereocenters. The number of hydrogen-bond donors (Lipinski definition) is 0. The maximum absolute atomic E-state index is 11.9. The van der Waals surface area contributed by atoms with Crippen LogP contribution >= 0.6 is 0 Å². The second kappa shape index (κ2) is 3.91. The molecule has 3 nitrogen and oxygen atoms in total. The van der Waals surface area contributed by atoms with E-state index in [1.54, 1.807) is 6.92 Å². The molecule has 1 aliphatic rings. The zero-order valence-corrected chi connectivity index (χ0v) is 9.73. The minimum atomic E-state index is -0.342. The molecular formula is C14H14O3. The summed E-state index contributed by atoms with van der Waals surface area (Å²) in [6.45, 7) is 2.18. The van der Waals surface area contributed by atoms with Gasteiger partial charge in [0.05, 0.1) is 6.61 Å². The number of ether oxygens (including phenoxy) is 1. The lowest BCUT2D eigenvalue weighted by Gasteiger charge is -2.00. The zero-order chi connectivity index (χ0) is 11.8. The van der Waals surface area contributed by atoms with Crippen LogP contribution in [0.4, 0.5) is 0 Å². The van der Waals surface area contributed by atoms with Crippen LogP contribution in [0.1, 0.15) is 41.8 Å². The molecule has 0 aliphatic heterocycles. The Morgan fingerprint density at radius 3 is 2.88 bits per heavy atom. The monoisotopic (exact) mass is 230 g/mol. The smallest absolute Gasteiger partial charge is 0.374 e. The fourth-order valence-electron chi connectivity index (χ4n) is 2.19. The number of fused-ring (bicyclic) bond motifs is 1. The third-order valence-corrected chi connectivity index (χ3v) is 3.08. The molecular weight excluding hydrogens is 216 g/mol. The molecule has 0 atom stereocenters. The van der Waals surface area contributed by atoms with Crippen molar-refractivity contribution in [3.63, 3.8) is 0 Å². The number of furan rings is 1. The molecule has 0 amide bonds. The maximum Gasteiger partial charge on any atom is 0.374 e. The van der Waals surface area contributed by atoms with Crippen molar-refractivity contribution in [3.8, 4) is 0 Å². The highest BCUT2D eigenvalue weighted by atomic mass is 16.5. The first-order valence-electron chi connectivity index (χ1n) is 5.99. The zero-order valence-electron chi connectivity index (χ0n) is 9.73. The number of para-hydroxylation sites is 1. The van der Waals surface area contributed by atoms with Crippen molar-refractivity contribution in [2.24, 2.45) is 0 Å². The topological polar surface area (TPSA) is 39.4 Å². The van der Waals surface area contributed by atoms with Gasteiger partial charge in [0.15, 0.2) is 0 Å². The Morgan fingerprint density at radius 1 is 1.41 bits per heavy atom. The van der Waals surface area contributed by atoms with Crippen LogP contribution < -0.4 is 0 Å². The Bertz CT molecular complexity index is 564. The molecule has 88 valence electrons. The SMILES string of the molecule is CCOC(=O)c1oc2ccccc2c1C1CC1. The fourth-order valence-corrected chi connectivity index (χ4v) is 2.19. The summed E-state index contributed by atoms with van der Waals surface area (Å²) in [6.07, 6.45) is 2.27. The van der Waals surface area contributed by atoms with Crippen LogP contribution in [-0.4, -0.2) is 12.6 Å². The van der Waals surface area contributed by atoms with Crippen molar-refractivity contribution in [2.75, 3.05) is 6.61 Å². The van der Waals surface area contributed by atoms with Crippen LogP contribution in [0.2, 0.25) is 0 Å². The molecule has 1 aromatic carbocycles. The number of carbonyl (C=O) groups is 1. The number of benzene rings is 1. The highest BCUT2D eigenvalue weighted by Gasteiger charge is 2.33. The molecule has 1 heterocycles. The lowest BCUT2D eigenvalue weighted by Crippen LogP contribution is -2.05. The average Bonchev–Trinajstić information content (AvgIpc) is 3.09. The molecule has 1 fully saturated rings. The lowest BCUT2D eigenvalue weighted by atomic mass is 10.1. The van der Waals surface area contributed by atoms with E-state index in [0.29, 0.717) is 18.3 Å². The van der Waals surface area contributed by atoms with Gasteiger partial charge in [-0.05, 0) is 31.7 Å². The van der Waals surface area contributed by atoms with Gasteiger partial charge in [-0.15, -0.1) is 0 Å². The highest BCUT2D eigenvalue weighted by Crippen LogP contribution is 2.46. The minimum absolute atomic E-state index is 0.342. The number of esters is 1. The molecule has 0 bridgehead atoms. The van der Waals surface area contributed by atoms with Gasteiger partial charge in [-0.3, -0.25) is 0 Å². The number of hydrogen-bond acceptors (Lipinski definition) is 3. The molecule has 0 saturated heterocycles. The van der Waals surface area contributed by atoms with Gasteiger partial charge < -0.3 is 9.15 Å². The fraction of sp³-hybridized carbons (Fsp3) is 0.357. The van der Waals surface area contributed by atoms with Crippen LogP contribution in [0.5, 0.6) is 0 Å². The van der Waals surface area contributed by atoms with Gasteiger partial charge in [-0.2, -0.15) is 0 Å². The van der Waals surface area contributed by atoms with E-state index >= 15 is 0 Å². The van der Waals surface area contributed by atoms with E-state index in [-0.39, 0.29) is 5.97 Å². The first kappa shape index (κ1) is 10.4. The number of carbonyl (C=O) groups excluding carboxylic acids is 1. The summed E-state index contributed by atoms with van der Waals surface area (Å²) in [7, 11) is 0. The van der Waals surface area contributed by atoms with Crippen molar-refractivity contribution in [2.45, 2.75) is 25.7 Å². The quantitative estimate of drug-likeness (QED) is 0.758. The Kier molecular flexibility index (Phi) is 2.39. The Hall–Kier alpha value is -1.77. The van der Waals surface area contributed by atoms with Crippen molar-refractivity contribution in [3.05, 3.63) is 35.6 Å². The van der Waals surface area contributed by atoms with Gasteiger partial charge in [0.25, 0.3) is 0 Å². The molecule has 0 N–H and O–H groups in total. The first-order valence-corrected chi connectivity index (χ1v) is 5.99. The van der Waals surface area contributed by atoms with E-state index in [9.17, 15) is 4.79 Å². The summed E-state index contributed by atoms with van der Waals surface area (Å²) in [5.74, 6) is 0.527. The highest BCUT2D eigenvalue weighted by molar-refractivity contribution is 5.96. The lowest BCUT2D eigenvalue weighted by molar-refractivity contribution is 0.0491. The van der Waals surface area contributed by atoms with Gasteiger partial charge >= 0.3 is 5.97 Å². The molecule has 1 saturated carbocycles. The van der Waals surface area contributed by atoms with Crippen LogP contribution in [0, 0.1) is 0 Å². The molecule has 0 spiro atoms. The van der Waals surface area contributed by atoms with Crippen LogP contribution in [-0.2, 0) is 4.74 Å². The van der Waals surface area contributed by atoms with Crippen LogP contribution in [0.3, 0.4) is 0 Å². The predicted molar refractivity (Wildman–Crippen MR) is 64.1 cm³/mol. The molecule has 3 heteroatoms. The molecule has 3 rings (SSSR count). The summed E-state index contributed by atoms with van der Waals surface area (Å²) < 4.78 is 10.7. The molecule has 17 heavy (non-hydrogen) atoms. The second-order valence-corrected chi connectivity index (χ2v) is 4.34. The van der Waals surface area contributed by atoms with E-state index in [1.165, 1.54) is 0 Å². The van der Waals surface area contributed by atoms with Crippen molar-refractivity contribution >= 4 is 16.9 Å². The maximum atomic E-state index is 11.9. The second-order valence-electron chi connectivity index (χ2n) is 4.34. The van der Waals surface area contributed by atoms with E-state index in [1.807, 2.05) is 24.3 Å². The Morgan fingerprint density at radius 2 is 2.18 bits per heavy atom. The molecule has 2 aromatic rings. The van der Waals surface area contributed by atoms with Crippen LogP contribution in [0.15, 0.2) is 28.7 Å². The summed E-state index contributed by atoms with van der Waals surface area (Å²) in [6, 6.07) is 7.79. The summed E-state index contributed by atoms with van der Waals surface area (Å²) in [5, 5.41) is 1.05. The van der Waals surface area contributed by atoms with Crippen molar-refractivity contribution in [1.29, 1.82) is 0 Å². The first-order chi connectivity index (χ1) is 8.31. The number of rotatable bonds is 3. The van der Waals surface area contributed by atoms with Crippen LogP contribution in [0.25, 0.3) is 11.0 Å². The average molecular weight is 230 g/mol.